The van der Waals surface area contributed by atoms with Crippen LogP contribution in [0.5, 0.6) is 0 Å². The SMILES string of the molecule is CN1CC(Nc2cnn(C)c(=O)c2Br)CC(c2ccc(CN3CCN(C4CCC(N5CCC(=O)NC5=O)CC4)CC3)cc2)C1. The molecule has 1 saturated carbocycles. The number of nitrogens with one attached hydrogen (secondary N) is 2. The summed E-state index contributed by atoms with van der Waals surface area (Å²) < 4.78 is 1.86. The first-order valence-electron chi connectivity index (χ1n) is 16.1. The third kappa shape index (κ3) is 7.19. The van der Waals surface area contributed by atoms with E-state index in [1.54, 1.807) is 13.2 Å². The van der Waals surface area contributed by atoms with Gasteiger partial charge in [-0.3, -0.25) is 24.7 Å². The highest BCUT2D eigenvalue weighted by atomic mass is 79.9. The second-order valence-electron chi connectivity index (χ2n) is 13.1. The van der Waals surface area contributed by atoms with Crippen LogP contribution in [-0.2, 0) is 18.4 Å². The molecule has 2 unspecified atom stereocenters. The van der Waals surface area contributed by atoms with E-state index in [1.807, 2.05) is 4.90 Å². The largest absolute Gasteiger partial charge is 0.379 e. The fraction of sp³-hybridized carbons (Fsp3) is 0.625. The van der Waals surface area contributed by atoms with Gasteiger partial charge in [-0.25, -0.2) is 9.48 Å². The van der Waals surface area contributed by atoms with Gasteiger partial charge in [0.2, 0.25) is 5.91 Å². The number of piperazine rings is 1. The molecule has 2 aromatic rings. The lowest BCUT2D eigenvalue weighted by Crippen LogP contribution is -2.56. The van der Waals surface area contributed by atoms with Crippen LogP contribution in [-0.4, -0.2) is 112 Å². The molecule has 1 aromatic heterocycles. The van der Waals surface area contributed by atoms with E-state index in [0.717, 1.165) is 83.6 Å². The molecule has 11 nitrogen and oxygen atoms in total. The van der Waals surface area contributed by atoms with E-state index in [4.69, 9.17) is 0 Å². The first-order valence-corrected chi connectivity index (χ1v) is 16.9. The van der Waals surface area contributed by atoms with Crippen LogP contribution in [0.2, 0.25) is 0 Å². The van der Waals surface area contributed by atoms with Gasteiger partial charge in [-0.15, -0.1) is 0 Å². The van der Waals surface area contributed by atoms with Gasteiger partial charge in [-0.05, 0) is 72.1 Å². The third-order valence-corrected chi connectivity index (χ3v) is 10.8. The summed E-state index contributed by atoms with van der Waals surface area (Å²) in [5.41, 5.74) is 3.33. The van der Waals surface area contributed by atoms with E-state index >= 15 is 0 Å². The first-order chi connectivity index (χ1) is 21.2. The number of likely N-dealkylation sites (tertiary alicyclic amines) is 1. The molecule has 3 amide bonds. The number of carbonyl (C=O) groups is 2. The Bertz CT molecular complexity index is 1380. The number of halogens is 1. The van der Waals surface area contributed by atoms with Crippen LogP contribution in [0.15, 0.2) is 39.7 Å². The molecule has 238 valence electrons. The van der Waals surface area contributed by atoms with Crippen LogP contribution in [0.25, 0.3) is 0 Å². The standard InChI is InChI=1S/C32H45BrN8O3/c1-37-20-24(17-25(21-37)35-28-18-34-38(2)31(43)30(28)33)23-5-3-22(4-6-23)19-39-13-15-40(16-14-39)26-7-9-27(10-8-26)41-12-11-29(42)36-32(41)44/h3-6,18,24-27,35H,7-17,19-21H2,1-2H3,(H,36,42,44). The van der Waals surface area contributed by atoms with Gasteiger partial charge < -0.3 is 15.1 Å². The maximum atomic E-state index is 12.3. The monoisotopic (exact) mass is 668 g/mol. The van der Waals surface area contributed by atoms with E-state index in [9.17, 15) is 14.4 Å². The summed E-state index contributed by atoms with van der Waals surface area (Å²) in [6.45, 7) is 7.80. The first kappa shape index (κ1) is 31.2. The van der Waals surface area contributed by atoms with Crippen LogP contribution < -0.4 is 16.2 Å². The van der Waals surface area contributed by atoms with Crippen molar-refractivity contribution in [3.05, 3.63) is 56.4 Å². The predicted molar refractivity (Wildman–Crippen MR) is 174 cm³/mol. The van der Waals surface area contributed by atoms with Crippen molar-refractivity contribution in [3.63, 3.8) is 0 Å². The van der Waals surface area contributed by atoms with Gasteiger partial charge >= 0.3 is 6.03 Å². The number of likely N-dealkylation sites (N-methyl/N-ethyl adjacent to an activating group) is 1. The lowest BCUT2D eigenvalue weighted by molar-refractivity contribution is -0.121. The molecule has 4 heterocycles. The molecule has 2 atom stereocenters. The Balaban J connectivity index is 0.960. The summed E-state index contributed by atoms with van der Waals surface area (Å²) in [7, 11) is 3.82. The van der Waals surface area contributed by atoms with Crippen molar-refractivity contribution in [1.82, 2.24) is 34.7 Å². The number of piperidine rings is 1. The van der Waals surface area contributed by atoms with Gasteiger partial charge in [0.1, 0.15) is 4.47 Å². The van der Waals surface area contributed by atoms with Gasteiger partial charge in [-0.1, -0.05) is 24.3 Å². The minimum atomic E-state index is -0.206. The molecule has 3 aliphatic heterocycles. The molecule has 1 aromatic carbocycles. The van der Waals surface area contributed by atoms with Crippen molar-refractivity contribution in [2.75, 3.05) is 58.2 Å². The van der Waals surface area contributed by atoms with E-state index in [0.29, 0.717) is 29.4 Å². The Kier molecular flexibility index (Phi) is 9.70. The van der Waals surface area contributed by atoms with Crippen LogP contribution >= 0.6 is 15.9 Å². The fourth-order valence-electron chi connectivity index (χ4n) is 7.60. The Labute approximate surface area is 268 Å². The lowest BCUT2D eigenvalue weighted by atomic mass is 9.87. The number of carbonyl (C=O) groups excluding carboxylic acids is 2. The molecule has 3 saturated heterocycles. The normalized spacial score (nSPS) is 27.8. The summed E-state index contributed by atoms with van der Waals surface area (Å²) in [5.74, 6) is 0.266. The number of aryl methyl sites for hydroxylation is 1. The number of hydrogen-bond donors (Lipinski definition) is 2. The fourth-order valence-corrected chi connectivity index (χ4v) is 8.07. The second kappa shape index (κ2) is 13.7. The number of aromatic nitrogens is 2. The van der Waals surface area contributed by atoms with Crippen LogP contribution in [0.4, 0.5) is 10.5 Å². The van der Waals surface area contributed by atoms with Gasteiger partial charge in [-0.2, -0.15) is 5.10 Å². The Morgan fingerprint density at radius 1 is 0.932 bits per heavy atom. The maximum Gasteiger partial charge on any atom is 0.324 e. The van der Waals surface area contributed by atoms with Gasteiger partial charge in [0.15, 0.2) is 0 Å². The minimum Gasteiger partial charge on any atom is -0.379 e. The maximum absolute atomic E-state index is 12.3. The van der Waals surface area contributed by atoms with Crippen LogP contribution in [0.3, 0.4) is 0 Å². The molecule has 0 radical (unpaired) electrons. The van der Waals surface area contributed by atoms with Crippen molar-refractivity contribution >= 4 is 33.6 Å². The molecular weight excluding hydrogens is 624 g/mol. The number of rotatable bonds is 7. The van der Waals surface area contributed by atoms with Gasteiger partial charge in [0.25, 0.3) is 5.56 Å². The summed E-state index contributed by atoms with van der Waals surface area (Å²) in [5, 5.41) is 10.2. The number of anilines is 1. The second-order valence-corrected chi connectivity index (χ2v) is 13.9. The van der Waals surface area contributed by atoms with E-state index in [2.05, 4.69) is 77.7 Å². The lowest BCUT2D eigenvalue weighted by Gasteiger charge is -2.44. The number of nitrogens with zero attached hydrogens (tertiary/aromatic N) is 6. The number of benzene rings is 1. The molecule has 1 aliphatic carbocycles. The van der Waals surface area contributed by atoms with Gasteiger partial charge in [0, 0.05) is 84.0 Å². The van der Waals surface area contributed by atoms with E-state index < -0.39 is 0 Å². The Morgan fingerprint density at radius 2 is 1.64 bits per heavy atom. The minimum absolute atomic E-state index is 0.139. The van der Waals surface area contributed by atoms with Crippen molar-refractivity contribution in [3.8, 4) is 0 Å². The highest BCUT2D eigenvalue weighted by Crippen LogP contribution is 2.31. The highest BCUT2D eigenvalue weighted by Gasteiger charge is 2.34. The van der Waals surface area contributed by atoms with E-state index in [-0.39, 0.29) is 29.6 Å². The van der Waals surface area contributed by atoms with Crippen molar-refractivity contribution < 1.29 is 9.59 Å². The molecule has 12 heteroatoms. The molecule has 0 bridgehead atoms. The molecule has 0 spiro atoms. The number of amides is 3. The zero-order valence-electron chi connectivity index (χ0n) is 25.9. The number of urea groups is 1. The Morgan fingerprint density at radius 3 is 2.34 bits per heavy atom. The van der Waals surface area contributed by atoms with Crippen LogP contribution in [0.1, 0.15) is 55.6 Å². The smallest absolute Gasteiger partial charge is 0.324 e. The van der Waals surface area contributed by atoms with Crippen molar-refractivity contribution in [2.45, 2.75) is 69.1 Å². The molecule has 44 heavy (non-hydrogen) atoms. The Hall–Kier alpha value is -2.80. The number of imide groups is 1. The van der Waals surface area contributed by atoms with Crippen LogP contribution in [0, 0.1) is 0 Å². The molecule has 2 N–H and O–H groups in total. The summed E-state index contributed by atoms with van der Waals surface area (Å²) in [6, 6.07) is 10.1. The predicted octanol–water partition coefficient (Wildman–Crippen LogP) is 2.81. The summed E-state index contributed by atoms with van der Waals surface area (Å²) in [4.78, 5) is 45.5. The molecular formula is C32H45BrN8O3. The quantitative estimate of drug-likeness (QED) is 0.464. The average Bonchev–Trinajstić information content (AvgIpc) is 3.02. The van der Waals surface area contributed by atoms with E-state index in [1.165, 1.54) is 15.8 Å². The molecule has 4 aliphatic rings. The highest BCUT2D eigenvalue weighted by molar-refractivity contribution is 9.10. The summed E-state index contributed by atoms with van der Waals surface area (Å²) in [6.07, 6.45) is 7.42. The number of hydrogen-bond acceptors (Lipinski definition) is 8. The van der Waals surface area contributed by atoms with Crippen molar-refractivity contribution in [1.29, 1.82) is 0 Å². The summed E-state index contributed by atoms with van der Waals surface area (Å²) >= 11 is 3.45. The van der Waals surface area contributed by atoms with Crippen molar-refractivity contribution in [2.24, 2.45) is 7.05 Å². The van der Waals surface area contributed by atoms with Gasteiger partial charge in [0.05, 0.1) is 11.9 Å². The molecule has 6 rings (SSSR count). The average molecular weight is 670 g/mol. The zero-order chi connectivity index (χ0) is 30.8. The third-order valence-electron chi connectivity index (χ3n) is 10.0. The topological polar surface area (TPSA) is 106 Å². The zero-order valence-corrected chi connectivity index (χ0v) is 27.5. The molecule has 4 fully saturated rings.